The van der Waals surface area contributed by atoms with Gasteiger partial charge in [-0.1, -0.05) is 17.9 Å². The number of aliphatic hydroxyl groups is 1. The van der Waals surface area contributed by atoms with Crippen LogP contribution in [0.4, 0.5) is 4.39 Å². The molecule has 0 atom stereocenters. The molecule has 0 bridgehead atoms. The molecule has 6 heteroatoms. The van der Waals surface area contributed by atoms with E-state index >= 15 is 0 Å². The van der Waals surface area contributed by atoms with E-state index in [0.717, 1.165) is 39.0 Å². The molecule has 2 aromatic carbocycles. The molecule has 0 unspecified atom stereocenters. The predicted molar refractivity (Wildman–Crippen MR) is 121 cm³/mol. The van der Waals surface area contributed by atoms with Crippen LogP contribution in [0, 0.1) is 17.7 Å². The van der Waals surface area contributed by atoms with E-state index < -0.39 is 5.60 Å². The molecule has 0 radical (unpaired) electrons. The molecule has 3 heterocycles. The molecule has 0 spiro atoms. The third-order valence-electron chi connectivity index (χ3n) is 5.54. The van der Waals surface area contributed by atoms with Crippen molar-refractivity contribution in [3.8, 4) is 34.4 Å². The standard InChI is InChI=1S/C26H22FN3O2/c1-17(2)30-16-29-24(19-3-6-22(27)7-4-19)25(30)20-5-8-23-21(12-20)11-18(13-28-23)9-10-26(31)14-32-15-26/h3-8,11-13,16-17,31H,14-15H2,1-2H3. The van der Waals surface area contributed by atoms with E-state index in [1.807, 2.05) is 24.5 Å². The molecule has 4 aromatic rings. The van der Waals surface area contributed by atoms with Crippen LogP contribution in [0.15, 0.2) is 61.1 Å². The lowest BCUT2D eigenvalue weighted by molar-refractivity contribution is -0.140. The monoisotopic (exact) mass is 427 g/mol. The topological polar surface area (TPSA) is 60.2 Å². The Balaban J connectivity index is 1.61. The number of rotatable bonds is 3. The third-order valence-corrected chi connectivity index (χ3v) is 5.54. The average Bonchev–Trinajstić information content (AvgIpc) is 3.22. The van der Waals surface area contributed by atoms with Crippen molar-refractivity contribution in [3.05, 3.63) is 72.4 Å². The second-order valence-corrected chi connectivity index (χ2v) is 8.36. The van der Waals surface area contributed by atoms with Crippen molar-refractivity contribution in [2.24, 2.45) is 0 Å². The van der Waals surface area contributed by atoms with Gasteiger partial charge in [0.25, 0.3) is 0 Å². The fourth-order valence-corrected chi connectivity index (χ4v) is 3.76. The normalized spacial score (nSPS) is 14.8. The highest BCUT2D eigenvalue weighted by Crippen LogP contribution is 2.34. The number of imidazole rings is 1. The van der Waals surface area contributed by atoms with Crippen molar-refractivity contribution in [1.29, 1.82) is 0 Å². The quantitative estimate of drug-likeness (QED) is 0.486. The lowest BCUT2D eigenvalue weighted by atomic mass is 10.0. The van der Waals surface area contributed by atoms with E-state index in [9.17, 15) is 9.50 Å². The Kier molecular flexibility index (Phi) is 5.01. The molecule has 0 saturated carbocycles. The molecule has 1 aliphatic heterocycles. The fourth-order valence-electron chi connectivity index (χ4n) is 3.76. The zero-order valence-electron chi connectivity index (χ0n) is 17.8. The summed E-state index contributed by atoms with van der Waals surface area (Å²) < 4.78 is 20.6. The minimum absolute atomic E-state index is 0.197. The summed E-state index contributed by atoms with van der Waals surface area (Å²) in [6.07, 6.45) is 3.53. The van der Waals surface area contributed by atoms with Crippen LogP contribution in [0.2, 0.25) is 0 Å². The second-order valence-electron chi connectivity index (χ2n) is 8.36. The molecule has 0 amide bonds. The van der Waals surface area contributed by atoms with E-state index in [1.54, 1.807) is 18.3 Å². The molecule has 1 saturated heterocycles. The van der Waals surface area contributed by atoms with Crippen LogP contribution >= 0.6 is 0 Å². The van der Waals surface area contributed by atoms with Crippen molar-refractivity contribution < 1.29 is 14.2 Å². The number of fused-ring (bicyclic) bond motifs is 1. The van der Waals surface area contributed by atoms with Gasteiger partial charge in [-0.15, -0.1) is 0 Å². The number of ether oxygens (including phenoxy) is 1. The Bertz CT molecular complexity index is 1360. The molecule has 5 rings (SSSR count). The third kappa shape index (κ3) is 3.77. The molecule has 0 aliphatic carbocycles. The molecule has 32 heavy (non-hydrogen) atoms. The lowest BCUT2D eigenvalue weighted by Crippen LogP contribution is -2.48. The van der Waals surface area contributed by atoms with E-state index in [-0.39, 0.29) is 25.1 Å². The number of halogens is 1. The van der Waals surface area contributed by atoms with E-state index in [0.29, 0.717) is 0 Å². The van der Waals surface area contributed by atoms with Crippen LogP contribution in [-0.2, 0) is 4.74 Å². The summed E-state index contributed by atoms with van der Waals surface area (Å²) in [7, 11) is 0. The van der Waals surface area contributed by atoms with Gasteiger partial charge in [-0.05, 0) is 56.3 Å². The van der Waals surface area contributed by atoms with Crippen LogP contribution in [-0.4, -0.2) is 38.5 Å². The zero-order valence-corrected chi connectivity index (χ0v) is 17.8. The smallest absolute Gasteiger partial charge is 0.172 e. The van der Waals surface area contributed by atoms with E-state index in [1.165, 1.54) is 12.1 Å². The molecule has 5 nitrogen and oxygen atoms in total. The highest BCUT2D eigenvalue weighted by atomic mass is 19.1. The summed E-state index contributed by atoms with van der Waals surface area (Å²) in [5.74, 6) is 5.61. The first-order chi connectivity index (χ1) is 15.4. The van der Waals surface area contributed by atoms with Crippen molar-refractivity contribution in [2.75, 3.05) is 13.2 Å². The Hall–Kier alpha value is -3.53. The summed E-state index contributed by atoms with van der Waals surface area (Å²) in [5, 5.41) is 11.1. The van der Waals surface area contributed by atoms with Crippen molar-refractivity contribution in [1.82, 2.24) is 14.5 Å². The predicted octanol–water partition coefficient (Wildman–Crippen LogP) is 4.60. The van der Waals surface area contributed by atoms with Gasteiger partial charge in [0.05, 0.1) is 36.4 Å². The van der Waals surface area contributed by atoms with Crippen LogP contribution in [0.1, 0.15) is 25.5 Å². The van der Waals surface area contributed by atoms with Gasteiger partial charge in [0.2, 0.25) is 0 Å². The maximum Gasteiger partial charge on any atom is 0.172 e. The van der Waals surface area contributed by atoms with Crippen molar-refractivity contribution in [2.45, 2.75) is 25.5 Å². The van der Waals surface area contributed by atoms with Crippen LogP contribution in [0.3, 0.4) is 0 Å². The minimum Gasteiger partial charge on any atom is -0.373 e. The zero-order chi connectivity index (χ0) is 22.3. The Labute approximate surface area is 185 Å². The number of aromatic nitrogens is 3. The highest BCUT2D eigenvalue weighted by molar-refractivity contribution is 5.88. The van der Waals surface area contributed by atoms with Gasteiger partial charge >= 0.3 is 0 Å². The first kappa shape index (κ1) is 20.4. The molecule has 1 aliphatic rings. The van der Waals surface area contributed by atoms with Gasteiger partial charge in [-0.3, -0.25) is 4.98 Å². The first-order valence-corrected chi connectivity index (χ1v) is 10.5. The maximum absolute atomic E-state index is 13.5. The van der Waals surface area contributed by atoms with Gasteiger partial charge < -0.3 is 14.4 Å². The minimum atomic E-state index is -1.06. The van der Waals surface area contributed by atoms with Crippen LogP contribution < -0.4 is 0 Å². The Morgan fingerprint density at radius 1 is 1.06 bits per heavy atom. The summed E-state index contributed by atoms with van der Waals surface area (Å²) >= 11 is 0. The summed E-state index contributed by atoms with van der Waals surface area (Å²) in [4.78, 5) is 9.16. The number of nitrogens with zero attached hydrogens (tertiary/aromatic N) is 3. The molecule has 1 N–H and O–H groups in total. The van der Waals surface area contributed by atoms with Crippen molar-refractivity contribution >= 4 is 10.9 Å². The number of hydrogen-bond acceptors (Lipinski definition) is 4. The SMILES string of the molecule is CC(C)n1cnc(-c2ccc(F)cc2)c1-c1ccc2ncc(C#CC3(O)COC3)cc2c1. The van der Waals surface area contributed by atoms with Gasteiger partial charge in [0.15, 0.2) is 5.60 Å². The summed E-state index contributed by atoms with van der Waals surface area (Å²) in [5.41, 5.74) is 4.12. The Morgan fingerprint density at radius 3 is 2.50 bits per heavy atom. The number of pyridine rings is 1. The van der Waals surface area contributed by atoms with E-state index in [4.69, 9.17) is 4.74 Å². The number of benzene rings is 2. The number of hydrogen-bond donors (Lipinski definition) is 1. The van der Waals surface area contributed by atoms with Gasteiger partial charge in [-0.25, -0.2) is 9.37 Å². The second kappa shape index (κ2) is 7.86. The van der Waals surface area contributed by atoms with Gasteiger partial charge in [0.1, 0.15) is 5.82 Å². The summed E-state index contributed by atoms with van der Waals surface area (Å²) in [6, 6.07) is 14.6. The summed E-state index contributed by atoms with van der Waals surface area (Å²) in [6.45, 7) is 4.67. The van der Waals surface area contributed by atoms with Crippen molar-refractivity contribution in [3.63, 3.8) is 0 Å². The maximum atomic E-state index is 13.5. The van der Waals surface area contributed by atoms with E-state index in [2.05, 4.69) is 46.3 Å². The highest BCUT2D eigenvalue weighted by Gasteiger charge is 2.33. The molecular weight excluding hydrogens is 405 g/mol. The van der Waals surface area contributed by atoms with Gasteiger partial charge in [-0.2, -0.15) is 0 Å². The van der Waals surface area contributed by atoms with Crippen LogP contribution in [0.5, 0.6) is 0 Å². The molecule has 160 valence electrons. The fraction of sp³-hybridized carbons (Fsp3) is 0.231. The molecular formula is C26H22FN3O2. The largest absolute Gasteiger partial charge is 0.373 e. The lowest BCUT2D eigenvalue weighted by Gasteiger charge is -2.30. The average molecular weight is 427 g/mol. The Morgan fingerprint density at radius 2 is 1.81 bits per heavy atom. The molecule has 2 aromatic heterocycles. The van der Waals surface area contributed by atoms with Crippen LogP contribution in [0.25, 0.3) is 33.4 Å². The molecule has 1 fully saturated rings. The van der Waals surface area contributed by atoms with Gasteiger partial charge in [0, 0.05) is 34.3 Å². The first-order valence-electron chi connectivity index (χ1n) is 10.5.